The van der Waals surface area contributed by atoms with Gasteiger partial charge in [-0.2, -0.15) is 17.6 Å². The van der Waals surface area contributed by atoms with Crippen molar-refractivity contribution in [2.24, 2.45) is 0 Å². The first-order chi connectivity index (χ1) is 15.0. The number of hydrogen-bond donors (Lipinski definition) is 0. The molecule has 170 valence electrons. The van der Waals surface area contributed by atoms with Gasteiger partial charge < -0.3 is 9.47 Å². The van der Waals surface area contributed by atoms with E-state index in [0.29, 0.717) is 12.1 Å². The average Bonchev–Trinajstić information content (AvgIpc) is 2.69. The highest BCUT2D eigenvalue weighted by Crippen LogP contribution is 2.37. The number of aryl methyl sites for hydroxylation is 1. The maximum Gasteiger partial charge on any atom is 0.432 e. The monoisotopic (exact) mass is 462 g/mol. The van der Waals surface area contributed by atoms with Crippen LogP contribution in [-0.2, 0) is 12.5 Å². The number of ether oxygens (including phenoxy) is 2. The average molecular weight is 462 g/mol. The lowest BCUT2D eigenvalue weighted by molar-refractivity contribution is -0.189. The third kappa shape index (κ3) is 4.95. The van der Waals surface area contributed by atoms with E-state index in [0.717, 1.165) is 36.4 Å². The van der Waals surface area contributed by atoms with Crippen LogP contribution in [0.2, 0.25) is 0 Å². The molecule has 0 heterocycles. The summed E-state index contributed by atoms with van der Waals surface area (Å²) in [5.74, 6) is -7.49. The highest BCUT2D eigenvalue weighted by atomic mass is 19.3. The number of rotatable bonds is 7. The first-order valence-electron chi connectivity index (χ1n) is 9.11. The van der Waals surface area contributed by atoms with Crippen molar-refractivity contribution in [3.8, 4) is 22.6 Å². The van der Waals surface area contributed by atoms with Crippen LogP contribution < -0.4 is 9.47 Å². The molecule has 3 aromatic carbocycles. The molecule has 32 heavy (non-hydrogen) atoms. The summed E-state index contributed by atoms with van der Waals surface area (Å²) in [5.41, 5.74) is -1.36. The predicted molar refractivity (Wildman–Crippen MR) is 98.7 cm³/mol. The Kier molecular flexibility index (Phi) is 6.61. The summed E-state index contributed by atoms with van der Waals surface area (Å²) in [6.45, 7) is -1.84. The van der Waals surface area contributed by atoms with Crippen molar-refractivity contribution in [1.82, 2.24) is 0 Å². The van der Waals surface area contributed by atoms with Gasteiger partial charge in [-0.3, -0.25) is 0 Å². The molecule has 0 saturated heterocycles. The molecule has 0 aromatic heterocycles. The molecule has 0 N–H and O–H groups in total. The normalized spacial score (nSPS) is 11.7. The van der Waals surface area contributed by atoms with Crippen LogP contribution in [0, 0.1) is 23.3 Å². The fraction of sp³-hybridized carbons (Fsp3) is 0.182. The molecule has 0 unspecified atom stereocenters. The van der Waals surface area contributed by atoms with Crippen LogP contribution in [0.1, 0.15) is 18.1 Å². The van der Waals surface area contributed by atoms with Crippen molar-refractivity contribution in [2.45, 2.75) is 26.1 Å². The minimum Gasteiger partial charge on any atom is -0.429 e. The summed E-state index contributed by atoms with van der Waals surface area (Å²) < 4.78 is 117. The molecule has 0 bridgehead atoms. The Hall–Kier alpha value is -3.30. The third-order valence-electron chi connectivity index (χ3n) is 4.44. The summed E-state index contributed by atoms with van der Waals surface area (Å²) >= 11 is 0. The predicted octanol–water partition coefficient (Wildman–Crippen LogP) is 7.20. The summed E-state index contributed by atoms with van der Waals surface area (Å²) in [5, 5.41) is 0. The van der Waals surface area contributed by atoms with Crippen molar-refractivity contribution in [3.05, 3.63) is 82.9 Å². The number of alkyl halides is 4. The Balaban J connectivity index is 1.85. The summed E-state index contributed by atoms with van der Waals surface area (Å²) in [7, 11) is 0. The quantitative estimate of drug-likeness (QED) is 0.346. The molecule has 0 aliphatic rings. The molecule has 0 saturated carbocycles. The van der Waals surface area contributed by atoms with Crippen LogP contribution in [0.3, 0.4) is 0 Å². The van der Waals surface area contributed by atoms with E-state index >= 15 is 0 Å². The number of halogens is 8. The van der Waals surface area contributed by atoms with Gasteiger partial charge in [-0.1, -0.05) is 19.1 Å². The smallest absolute Gasteiger partial charge is 0.429 e. The minimum absolute atomic E-state index is 0.104. The standard InChI is InChI=1S/C22H14F8O2/c1-2-11-7-15(23)19(16(24)8-11)22(29,30)32-14-5-3-12(4-6-14)13-9-17(25)20(18(26)10-13)31-21(27)28/h3-10,21H,2H2,1H3. The van der Waals surface area contributed by atoms with Gasteiger partial charge in [0.1, 0.15) is 22.9 Å². The second-order valence-electron chi connectivity index (χ2n) is 6.58. The SMILES string of the molecule is CCc1cc(F)c(C(F)(F)Oc2ccc(-c3cc(F)c(OC(F)F)c(F)c3)cc2)c(F)c1. The van der Waals surface area contributed by atoms with Gasteiger partial charge in [-0.05, 0) is 59.5 Å². The van der Waals surface area contributed by atoms with Crippen LogP contribution in [0.4, 0.5) is 35.1 Å². The Morgan fingerprint density at radius 1 is 0.781 bits per heavy atom. The summed E-state index contributed by atoms with van der Waals surface area (Å²) in [6.07, 6.45) is -4.12. The number of benzene rings is 3. The molecule has 2 nitrogen and oxygen atoms in total. The molecule has 0 spiro atoms. The topological polar surface area (TPSA) is 18.5 Å². The van der Waals surface area contributed by atoms with Gasteiger partial charge >= 0.3 is 12.7 Å². The minimum atomic E-state index is -4.35. The van der Waals surface area contributed by atoms with Gasteiger partial charge in [0.2, 0.25) is 0 Å². The second-order valence-corrected chi connectivity index (χ2v) is 6.58. The Morgan fingerprint density at radius 3 is 1.78 bits per heavy atom. The first-order valence-corrected chi connectivity index (χ1v) is 9.11. The Bertz CT molecular complexity index is 1070. The number of hydrogen-bond acceptors (Lipinski definition) is 2. The Labute approximate surface area is 177 Å². The van der Waals surface area contributed by atoms with E-state index in [1.807, 2.05) is 0 Å². The maximum absolute atomic E-state index is 14.4. The lowest BCUT2D eigenvalue weighted by Crippen LogP contribution is -2.25. The fourth-order valence-corrected chi connectivity index (χ4v) is 2.95. The maximum atomic E-state index is 14.4. The zero-order valence-electron chi connectivity index (χ0n) is 16.2. The molecule has 0 aliphatic carbocycles. The molecular formula is C22H14F8O2. The van der Waals surface area contributed by atoms with Crippen LogP contribution >= 0.6 is 0 Å². The van der Waals surface area contributed by atoms with Gasteiger partial charge in [0.25, 0.3) is 0 Å². The van der Waals surface area contributed by atoms with Gasteiger partial charge in [0, 0.05) is 0 Å². The van der Waals surface area contributed by atoms with Crippen molar-refractivity contribution < 1.29 is 44.6 Å². The van der Waals surface area contributed by atoms with Crippen LogP contribution in [0.5, 0.6) is 11.5 Å². The molecule has 0 radical (unpaired) electrons. The second kappa shape index (κ2) is 9.05. The molecule has 0 aliphatic heterocycles. The van der Waals surface area contributed by atoms with Crippen molar-refractivity contribution in [3.63, 3.8) is 0 Å². The highest BCUT2D eigenvalue weighted by Gasteiger charge is 2.41. The Morgan fingerprint density at radius 2 is 1.31 bits per heavy atom. The zero-order valence-corrected chi connectivity index (χ0v) is 16.2. The van der Waals surface area contributed by atoms with Gasteiger partial charge in [0.15, 0.2) is 17.4 Å². The van der Waals surface area contributed by atoms with E-state index < -0.39 is 53.1 Å². The zero-order chi connectivity index (χ0) is 23.6. The molecule has 10 heteroatoms. The highest BCUT2D eigenvalue weighted by molar-refractivity contribution is 5.65. The lowest BCUT2D eigenvalue weighted by atomic mass is 10.0. The molecular weight excluding hydrogens is 448 g/mol. The summed E-state index contributed by atoms with van der Waals surface area (Å²) in [6, 6.07) is 7.24. The lowest BCUT2D eigenvalue weighted by Gasteiger charge is -2.20. The van der Waals surface area contributed by atoms with Crippen LogP contribution in [0.25, 0.3) is 11.1 Å². The van der Waals surface area contributed by atoms with Crippen LogP contribution in [-0.4, -0.2) is 6.61 Å². The first kappa shape index (κ1) is 23.4. The van der Waals surface area contributed by atoms with E-state index in [1.54, 1.807) is 6.92 Å². The van der Waals surface area contributed by atoms with Crippen molar-refractivity contribution in [2.75, 3.05) is 0 Å². The van der Waals surface area contributed by atoms with Crippen molar-refractivity contribution >= 4 is 0 Å². The van der Waals surface area contributed by atoms with E-state index in [4.69, 9.17) is 0 Å². The van der Waals surface area contributed by atoms with Gasteiger partial charge in [-0.15, -0.1) is 0 Å². The van der Waals surface area contributed by atoms with Crippen molar-refractivity contribution in [1.29, 1.82) is 0 Å². The molecule has 0 amide bonds. The van der Waals surface area contributed by atoms with E-state index in [1.165, 1.54) is 0 Å². The largest absolute Gasteiger partial charge is 0.432 e. The van der Waals surface area contributed by atoms with Gasteiger partial charge in [-0.25, -0.2) is 17.6 Å². The molecule has 0 atom stereocenters. The van der Waals surface area contributed by atoms with E-state index in [9.17, 15) is 35.1 Å². The van der Waals surface area contributed by atoms with E-state index in [-0.39, 0.29) is 23.1 Å². The fourth-order valence-electron chi connectivity index (χ4n) is 2.95. The van der Waals surface area contributed by atoms with Crippen LogP contribution in [0.15, 0.2) is 48.5 Å². The molecule has 0 fully saturated rings. The molecule has 3 aromatic rings. The summed E-state index contributed by atoms with van der Waals surface area (Å²) in [4.78, 5) is 0. The van der Waals surface area contributed by atoms with E-state index in [2.05, 4.69) is 9.47 Å². The molecule has 3 rings (SSSR count). The van der Waals surface area contributed by atoms with Gasteiger partial charge in [0.05, 0.1) is 0 Å². The third-order valence-corrected chi connectivity index (χ3v) is 4.44.